The van der Waals surface area contributed by atoms with Gasteiger partial charge >= 0.3 is 0 Å². The lowest BCUT2D eigenvalue weighted by Crippen LogP contribution is -2.60. The monoisotopic (exact) mass is 278 g/mol. The normalized spacial score (nSPS) is 21.2. The number of nitrogens with zero attached hydrogens (tertiary/aromatic N) is 1. The Balaban J connectivity index is 2.08. The Morgan fingerprint density at radius 1 is 1.32 bits per heavy atom. The van der Waals surface area contributed by atoms with Crippen LogP contribution in [0, 0.1) is 0 Å². The molecule has 3 nitrogen and oxygen atoms in total. The number of carbonyl (C=O) groups is 1. The Hall–Kier alpha value is -1.22. The highest BCUT2D eigenvalue weighted by Crippen LogP contribution is 2.44. The number of anilines is 2. The zero-order valence-corrected chi connectivity index (χ0v) is 12.0. The molecular weight excluding hydrogens is 260 g/mol. The second-order valence-electron chi connectivity index (χ2n) is 5.45. The first-order chi connectivity index (χ1) is 9.17. The van der Waals surface area contributed by atoms with E-state index in [4.69, 9.17) is 11.6 Å². The fourth-order valence-corrected chi connectivity index (χ4v) is 3.71. The van der Waals surface area contributed by atoms with Crippen molar-refractivity contribution in [2.24, 2.45) is 0 Å². The second-order valence-corrected chi connectivity index (χ2v) is 5.89. The Morgan fingerprint density at radius 3 is 2.74 bits per heavy atom. The van der Waals surface area contributed by atoms with Crippen molar-refractivity contribution < 1.29 is 4.79 Å². The van der Waals surface area contributed by atoms with E-state index < -0.39 is 0 Å². The molecule has 0 saturated heterocycles. The molecule has 1 amide bonds. The van der Waals surface area contributed by atoms with E-state index in [0.29, 0.717) is 5.02 Å². The number of likely N-dealkylation sites (N-methyl/N-ethyl adjacent to an activating group) is 1. The van der Waals surface area contributed by atoms with Crippen molar-refractivity contribution in [1.29, 1.82) is 0 Å². The number of carbonyl (C=O) groups excluding carboxylic acids is 1. The number of benzene rings is 1. The SMILES string of the molecule is CCN1c2ccc(Cl)cc2NC(=O)C12CCCCC2. The molecule has 2 aliphatic rings. The Morgan fingerprint density at radius 2 is 2.05 bits per heavy atom. The van der Waals surface area contributed by atoms with E-state index in [1.807, 2.05) is 18.2 Å². The molecule has 0 unspecified atom stereocenters. The van der Waals surface area contributed by atoms with Crippen LogP contribution in [-0.4, -0.2) is 18.0 Å². The maximum atomic E-state index is 12.6. The maximum Gasteiger partial charge on any atom is 0.250 e. The molecule has 1 saturated carbocycles. The van der Waals surface area contributed by atoms with Crippen molar-refractivity contribution in [2.75, 3.05) is 16.8 Å². The van der Waals surface area contributed by atoms with Crippen LogP contribution in [0.4, 0.5) is 11.4 Å². The lowest BCUT2D eigenvalue weighted by Gasteiger charge is -2.49. The average molecular weight is 279 g/mol. The summed E-state index contributed by atoms with van der Waals surface area (Å²) in [4.78, 5) is 14.9. The minimum Gasteiger partial charge on any atom is -0.356 e. The summed E-state index contributed by atoms with van der Waals surface area (Å²) in [5, 5.41) is 3.72. The van der Waals surface area contributed by atoms with Crippen molar-refractivity contribution in [3.8, 4) is 0 Å². The van der Waals surface area contributed by atoms with Crippen LogP contribution in [0.2, 0.25) is 5.02 Å². The van der Waals surface area contributed by atoms with Gasteiger partial charge in [0.25, 0.3) is 0 Å². The van der Waals surface area contributed by atoms with Crippen LogP contribution in [0.1, 0.15) is 39.0 Å². The molecule has 1 fully saturated rings. The van der Waals surface area contributed by atoms with E-state index in [1.54, 1.807) is 0 Å². The minimum atomic E-state index is -0.339. The standard InChI is InChI=1S/C15H19ClN2O/c1-2-18-13-7-6-11(16)10-12(13)17-14(19)15(18)8-4-3-5-9-15/h6-7,10H,2-5,8-9H2,1H3,(H,17,19). The number of amides is 1. The third kappa shape index (κ3) is 1.91. The number of hydrogen-bond acceptors (Lipinski definition) is 2. The largest absolute Gasteiger partial charge is 0.356 e. The highest BCUT2D eigenvalue weighted by molar-refractivity contribution is 6.31. The number of nitrogens with one attached hydrogen (secondary N) is 1. The predicted octanol–water partition coefficient (Wildman–Crippen LogP) is 3.82. The second kappa shape index (κ2) is 4.71. The summed E-state index contributed by atoms with van der Waals surface area (Å²) in [5.74, 6) is 0.142. The number of fused-ring (bicyclic) bond motifs is 1. The van der Waals surface area contributed by atoms with Crippen LogP contribution in [0.5, 0.6) is 0 Å². The molecule has 102 valence electrons. The Kier molecular flexibility index (Phi) is 3.17. The van der Waals surface area contributed by atoms with Crippen molar-refractivity contribution in [3.05, 3.63) is 23.2 Å². The van der Waals surface area contributed by atoms with Gasteiger partial charge in [0.2, 0.25) is 5.91 Å². The predicted molar refractivity (Wildman–Crippen MR) is 78.9 cm³/mol. The van der Waals surface area contributed by atoms with Crippen molar-refractivity contribution in [1.82, 2.24) is 0 Å². The molecule has 1 aromatic carbocycles. The minimum absolute atomic E-state index is 0.142. The summed E-state index contributed by atoms with van der Waals surface area (Å²) in [7, 11) is 0. The van der Waals surface area contributed by atoms with Crippen LogP contribution in [-0.2, 0) is 4.79 Å². The van der Waals surface area contributed by atoms with Gasteiger partial charge in [-0.05, 0) is 38.0 Å². The third-order valence-corrected chi connectivity index (χ3v) is 4.67. The van der Waals surface area contributed by atoms with E-state index in [1.165, 1.54) is 6.42 Å². The van der Waals surface area contributed by atoms with Gasteiger partial charge in [-0.2, -0.15) is 0 Å². The number of halogens is 1. The molecule has 1 spiro atoms. The van der Waals surface area contributed by atoms with Gasteiger partial charge in [-0.15, -0.1) is 0 Å². The van der Waals surface area contributed by atoms with Crippen LogP contribution >= 0.6 is 11.6 Å². The van der Waals surface area contributed by atoms with Crippen LogP contribution in [0.25, 0.3) is 0 Å². The quantitative estimate of drug-likeness (QED) is 0.847. The summed E-state index contributed by atoms with van der Waals surface area (Å²) in [6, 6.07) is 5.77. The van der Waals surface area contributed by atoms with E-state index in [2.05, 4.69) is 17.1 Å². The summed E-state index contributed by atoms with van der Waals surface area (Å²) in [5.41, 5.74) is 1.61. The fourth-order valence-electron chi connectivity index (χ4n) is 3.54. The smallest absolute Gasteiger partial charge is 0.250 e. The average Bonchev–Trinajstić information content (AvgIpc) is 2.42. The molecule has 0 aromatic heterocycles. The van der Waals surface area contributed by atoms with E-state index in [-0.39, 0.29) is 11.4 Å². The molecule has 1 aromatic rings. The summed E-state index contributed by atoms with van der Waals surface area (Å²) in [6.45, 7) is 2.97. The highest BCUT2D eigenvalue weighted by atomic mass is 35.5. The highest BCUT2D eigenvalue weighted by Gasteiger charge is 2.47. The van der Waals surface area contributed by atoms with Gasteiger partial charge in [-0.1, -0.05) is 30.9 Å². The van der Waals surface area contributed by atoms with Crippen molar-refractivity contribution in [2.45, 2.75) is 44.6 Å². The molecular formula is C15H19ClN2O. The Bertz CT molecular complexity index is 509. The molecule has 0 atom stereocenters. The zero-order valence-electron chi connectivity index (χ0n) is 11.2. The van der Waals surface area contributed by atoms with Gasteiger partial charge in [0.05, 0.1) is 11.4 Å². The summed E-state index contributed by atoms with van der Waals surface area (Å²) < 4.78 is 0. The van der Waals surface area contributed by atoms with E-state index >= 15 is 0 Å². The van der Waals surface area contributed by atoms with E-state index in [0.717, 1.165) is 43.6 Å². The van der Waals surface area contributed by atoms with Crippen LogP contribution < -0.4 is 10.2 Å². The van der Waals surface area contributed by atoms with Crippen LogP contribution in [0.3, 0.4) is 0 Å². The molecule has 0 radical (unpaired) electrons. The van der Waals surface area contributed by atoms with Gasteiger partial charge in [-0.3, -0.25) is 4.79 Å². The first-order valence-electron chi connectivity index (χ1n) is 7.06. The Labute approximate surface area is 118 Å². The maximum absolute atomic E-state index is 12.6. The number of rotatable bonds is 1. The molecule has 4 heteroatoms. The third-order valence-electron chi connectivity index (χ3n) is 4.43. The van der Waals surface area contributed by atoms with Crippen LogP contribution in [0.15, 0.2) is 18.2 Å². The fraction of sp³-hybridized carbons (Fsp3) is 0.533. The first-order valence-corrected chi connectivity index (χ1v) is 7.44. The summed E-state index contributed by atoms with van der Waals surface area (Å²) >= 11 is 6.02. The molecule has 1 aliphatic heterocycles. The molecule has 1 aliphatic carbocycles. The molecule has 0 bridgehead atoms. The topological polar surface area (TPSA) is 32.3 Å². The van der Waals surface area contributed by atoms with Crippen molar-refractivity contribution >= 4 is 28.9 Å². The lowest BCUT2D eigenvalue weighted by molar-refractivity contribution is -0.122. The first kappa shape index (κ1) is 12.8. The van der Waals surface area contributed by atoms with Gasteiger partial charge in [0.15, 0.2) is 0 Å². The number of hydrogen-bond donors (Lipinski definition) is 1. The molecule has 19 heavy (non-hydrogen) atoms. The van der Waals surface area contributed by atoms with E-state index in [9.17, 15) is 4.79 Å². The summed E-state index contributed by atoms with van der Waals surface area (Å²) in [6.07, 6.45) is 5.41. The van der Waals surface area contributed by atoms with Gasteiger partial charge in [0, 0.05) is 11.6 Å². The van der Waals surface area contributed by atoms with Gasteiger partial charge < -0.3 is 10.2 Å². The molecule has 1 heterocycles. The lowest BCUT2D eigenvalue weighted by atomic mass is 9.77. The molecule has 3 rings (SSSR count). The van der Waals surface area contributed by atoms with Crippen molar-refractivity contribution in [3.63, 3.8) is 0 Å². The molecule has 1 N–H and O–H groups in total. The van der Waals surface area contributed by atoms with Gasteiger partial charge in [0.1, 0.15) is 5.54 Å². The zero-order chi connectivity index (χ0) is 13.5. The van der Waals surface area contributed by atoms with Gasteiger partial charge in [-0.25, -0.2) is 0 Å².